The van der Waals surface area contributed by atoms with Crippen LogP contribution >= 0.6 is 0 Å². The third-order valence-electron chi connectivity index (χ3n) is 5.27. The van der Waals surface area contributed by atoms with E-state index in [2.05, 4.69) is 11.0 Å². The minimum atomic E-state index is -0.467. The average molecular weight is 390 g/mol. The molecule has 1 aromatic heterocycles. The Hall–Kier alpha value is -3.30. The maximum Gasteiger partial charge on any atom is 0.342 e. The molecule has 148 valence electrons. The predicted octanol–water partition coefficient (Wildman–Crippen LogP) is 3.98. The predicted molar refractivity (Wildman–Crippen MR) is 109 cm³/mol. The Bertz CT molecular complexity index is 1080. The van der Waals surface area contributed by atoms with Crippen molar-refractivity contribution in [3.63, 3.8) is 0 Å². The third kappa shape index (κ3) is 3.57. The van der Waals surface area contributed by atoms with Crippen molar-refractivity contribution in [3.05, 3.63) is 53.6 Å². The summed E-state index contributed by atoms with van der Waals surface area (Å²) in [6, 6.07) is 15.0. The molecule has 0 radical (unpaired) electrons. The summed E-state index contributed by atoms with van der Waals surface area (Å²) in [5.74, 6) is 0.179. The van der Waals surface area contributed by atoms with Gasteiger partial charge in [0.1, 0.15) is 22.7 Å². The Balaban J connectivity index is 1.79. The second-order valence-corrected chi connectivity index (χ2v) is 7.16. The zero-order valence-electron chi connectivity index (χ0n) is 16.2. The first-order valence-electron chi connectivity index (χ1n) is 9.74. The highest BCUT2D eigenvalue weighted by Crippen LogP contribution is 2.39. The van der Waals surface area contributed by atoms with E-state index >= 15 is 0 Å². The van der Waals surface area contributed by atoms with Gasteiger partial charge in [0.2, 0.25) is 0 Å². The SMILES string of the molecule is CCOC(=O)c1c(-c2ccccc2)oc2ccc(O)c(CCN3CC(C#N)C3)c12. The molecule has 1 saturated heterocycles. The Morgan fingerprint density at radius 1 is 1.28 bits per heavy atom. The molecule has 3 aromatic rings. The van der Waals surface area contributed by atoms with E-state index in [0.717, 1.165) is 18.7 Å². The fourth-order valence-corrected chi connectivity index (χ4v) is 3.80. The van der Waals surface area contributed by atoms with Gasteiger partial charge in [0.25, 0.3) is 0 Å². The first-order valence-corrected chi connectivity index (χ1v) is 9.74. The number of nitriles is 1. The van der Waals surface area contributed by atoms with Gasteiger partial charge in [0.15, 0.2) is 0 Å². The summed E-state index contributed by atoms with van der Waals surface area (Å²) in [5, 5.41) is 20.1. The highest BCUT2D eigenvalue weighted by atomic mass is 16.5. The van der Waals surface area contributed by atoms with Crippen LogP contribution < -0.4 is 0 Å². The molecule has 1 N–H and O–H groups in total. The van der Waals surface area contributed by atoms with Crippen LogP contribution in [0.3, 0.4) is 0 Å². The van der Waals surface area contributed by atoms with Crippen LogP contribution in [0.1, 0.15) is 22.8 Å². The molecule has 6 heteroatoms. The molecular weight excluding hydrogens is 368 g/mol. The van der Waals surface area contributed by atoms with Crippen LogP contribution in [0, 0.1) is 17.2 Å². The molecule has 0 atom stereocenters. The maximum absolute atomic E-state index is 12.9. The zero-order chi connectivity index (χ0) is 20.4. The van der Waals surface area contributed by atoms with Gasteiger partial charge in [-0.3, -0.25) is 0 Å². The number of carbonyl (C=O) groups is 1. The number of hydrogen-bond acceptors (Lipinski definition) is 6. The number of hydrogen-bond donors (Lipinski definition) is 1. The number of benzene rings is 2. The fourth-order valence-electron chi connectivity index (χ4n) is 3.80. The molecule has 0 unspecified atom stereocenters. The number of furan rings is 1. The molecule has 2 aromatic carbocycles. The number of ether oxygens (including phenoxy) is 1. The number of esters is 1. The van der Waals surface area contributed by atoms with Gasteiger partial charge in [-0.1, -0.05) is 30.3 Å². The number of rotatable bonds is 6. The van der Waals surface area contributed by atoms with Crippen molar-refractivity contribution in [1.29, 1.82) is 5.26 Å². The van der Waals surface area contributed by atoms with Crippen molar-refractivity contribution in [2.24, 2.45) is 5.92 Å². The fraction of sp³-hybridized carbons (Fsp3) is 0.304. The Morgan fingerprint density at radius 3 is 2.72 bits per heavy atom. The quantitative estimate of drug-likeness (QED) is 0.641. The highest BCUT2D eigenvalue weighted by Gasteiger charge is 2.29. The van der Waals surface area contributed by atoms with E-state index in [1.165, 1.54) is 0 Å². The summed E-state index contributed by atoms with van der Waals surface area (Å²) in [5.41, 5.74) is 2.32. The number of likely N-dealkylation sites (tertiary alicyclic amines) is 1. The smallest absolute Gasteiger partial charge is 0.342 e. The molecule has 1 aliphatic rings. The van der Waals surface area contributed by atoms with E-state index < -0.39 is 5.97 Å². The second kappa shape index (κ2) is 7.98. The van der Waals surface area contributed by atoms with E-state index in [-0.39, 0.29) is 18.3 Å². The summed E-state index contributed by atoms with van der Waals surface area (Å²) in [6.45, 7) is 4.17. The normalized spacial score (nSPS) is 14.5. The number of phenols is 1. The number of phenolic OH excluding ortho intramolecular Hbond substituents is 1. The molecule has 0 aliphatic carbocycles. The van der Waals surface area contributed by atoms with Gasteiger partial charge in [-0.05, 0) is 25.5 Å². The van der Waals surface area contributed by atoms with Crippen molar-refractivity contribution >= 4 is 16.9 Å². The molecule has 0 amide bonds. The van der Waals surface area contributed by atoms with Crippen molar-refractivity contribution in [2.75, 3.05) is 26.2 Å². The van der Waals surface area contributed by atoms with Gasteiger partial charge >= 0.3 is 5.97 Å². The summed E-state index contributed by atoms with van der Waals surface area (Å²) in [6.07, 6.45) is 0.543. The van der Waals surface area contributed by atoms with Crippen LogP contribution in [0.4, 0.5) is 0 Å². The summed E-state index contributed by atoms with van der Waals surface area (Å²) >= 11 is 0. The van der Waals surface area contributed by atoms with Crippen LogP contribution in [0.5, 0.6) is 5.75 Å². The third-order valence-corrected chi connectivity index (χ3v) is 5.27. The van der Waals surface area contributed by atoms with Gasteiger partial charge in [-0.2, -0.15) is 5.26 Å². The van der Waals surface area contributed by atoms with Crippen molar-refractivity contribution in [1.82, 2.24) is 4.90 Å². The van der Waals surface area contributed by atoms with Gasteiger partial charge < -0.3 is 19.2 Å². The van der Waals surface area contributed by atoms with Crippen LogP contribution in [-0.4, -0.2) is 42.2 Å². The van der Waals surface area contributed by atoms with E-state index in [0.29, 0.717) is 40.8 Å². The average Bonchev–Trinajstić information content (AvgIpc) is 3.09. The topological polar surface area (TPSA) is 86.7 Å². The first-order chi connectivity index (χ1) is 14.1. The Morgan fingerprint density at radius 2 is 2.03 bits per heavy atom. The molecule has 0 bridgehead atoms. The minimum Gasteiger partial charge on any atom is -0.508 e. The van der Waals surface area contributed by atoms with E-state index in [4.69, 9.17) is 14.4 Å². The first kappa shape index (κ1) is 19.0. The second-order valence-electron chi connectivity index (χ2n) is 7.16. The Labute approximate surface area is 168 Å². The number of carbonyl (C=O) groups excluding carboxylic acids is 1. The largest absolute Gasteiger partial charge is 0.508 e. The lowest BCUT2D eigenvalue weighted by molar-refractivity contribution is 0.0528. The van der Waals surface area contributed by atoms with Gasteiger partial charge in [-0.15, -0.1) is 0 Å². The lowest BCUT2D eigenvalue weighted by Crippen LogP contribution is -2.46. The van der Waals surface area contributed by atoms with Gasteiger partial charge in [-0.25, -0.2) is 4.79 Å². The van der Waals surface area contributed by atoms with Crippen molar-refractivity contribution in [3.8, 4) is 23.1 Å². The van der Waals surface area contributed by atoms with Crippen LogP contribution in [0.15, 0.2) is 46.9 Å². The number of aromatic hydroxyl groups is 1. The molecule has 29 heavy (non-hydrogen) atoms. The molecule has 6 nitrogen and oxygen atoms in total. The lowest BCUT2D eigenvalue weighted by atomic mass is 9.97. The molecule has 0 saturated carbocycles. The van der Waals surface area contributed by atoms with E-state index in [1.807, 2.05) is 30.3 Å². The Kier molecular flexibility index (Phi) is 5.24. The zero-order valence-corrected chi connectivity index (χ0v) is 16.2. The minimum absolute atomic E-state index is 0.0769. The van der Waals surface area contributed by atoms with Gasteiger partial charge in [0, 0.05) is 36.1 Å². The summed E-state index contributed by atoms with van der Waals surface area (Å²) in [7, 11) is 0. The molecule has 0 spiro atoms. The molecule has 1 aliphatic heterocycles. The molecule has 1 fully saturated rings. The van der Waals surface area contributed by atoms with E-state index in [9.17, 15) is 9.90 Å². The van der Waals surface area contributed by atoms with Crippen molar-refractivity contribution < 1.29 is 19.1 Å². The van der Waals surface area contributed by atoms with E-state index in [1.54, 1.807) is 19.1 Å². The highest BCUT2D eigenvalue weighted by molar-refractivity contribution is 6.10. The molecular formula is C23H22N2O4. The maximum atomic E-state index is 12.9. The van der Waals surface area contributed by atoms with Crippen LogP contribution in [-0.2, 0) is 11.2 Å². The standard InChI is InChI=1S/C23H22N2O4/c1-2-28-23(27)21-20-17(10-11-25-13-15(12-24)14-25)18(26)8-9-19(20)29-22(21)16-6-4-3-5-7-16/h3-9,15,26H,2,10-11,13-14H2,1H3. The molecule has 2 heterocycles. The lowest BCUT2D eigenvalue weighted by Gasteiger charge is -2.35. The van der Waals surface area contributed by atoms with Crippen LogP contribution in [0.2, 0.25) is 0 Å². The van der Waals surface area contributed by atoms with Crippen molar-refractivity contribution in [2.45, 2.75) is 13.3 Å². The summed E-state index contributed by atoms with van der Waals surface area (Å²) in [4.78, 5) is 15.0. The van der Waals surface area contributed by atoms with Crippen LogP contribution in [0.25, 0.3) is 22.3 Å². The van der Waals surface area contributed by atoms with Gasteiger partial charge in [0.05, 0.1) is 18.6 Å². The summed E-state index contributed by atoms with van der Waals surface area (Å²) < 4.78 is 11.4. The monoisotopic (exact) mass is 390 g/mol. The molecule has 4 rings (SSSR count). The number of nitrogens with zero attached hydrogens (tertiary/aromatic N) is 2. The number of fused-ring (bicyclic) bond motifs is 1.